The Morgan fingerprint density at radius 1 is 1.29 bits per heavy atom. The summed E-state index contributed by atoms with van der Waals surface area (Å²) >= 11 is 1.42. The second-order valence-electron chi connectivity index (χ2n) is 2.64. The molecule has 0 aliphatic rings. The van der Waals surface area contributed by atoms with E-state index in [-0.39, 0.29) is 0 Å². The number of rotatable bonds is 2. The predicted molar refractivity (Wildman–Crippen MR) is 56.8 cm³/mol. The zero-order valence-corrected chi connectivity index (χ0v) is 8.08. The van der Waals surface area contributed by atoms with Gasteiger partial charge in [0.25, 0.3) is 0 Å². The topological polar surface area (TPSA) is 48.7 Å². The Labute approximate surface area is 85.7 Å². The van der Waals surface area contributed by atoms with Gasteiger partial charge in [-0.05, 0) is 0 Å². The summed E-state index contributed by atoms with van der Waals surface area (Å²) in [4.78, 5) is 4.26. The molecule has 1 aromatic carbocycles. The first-order valence-electron chi connectivity index (χ1n) is 4.06. The normalized spacial score (nSPS) is 9.36. The molecule has 0 aliphatic heterocycles. The van der Waals surface area contributed by atoms with E-state index in [1.165, 1.54) is 11.3 Å². The van der Waals surface area contributed by atoms with Crippen LogP contribution in [-0.4, -0.2) is 4.98 Å². The smallest absolute Gasteiger partial charge is 0.196 e. The van der Waals surface area contributed by atoms with Crippen LogP contribution in [0.5, 0.6) is 0 Å². The van der Waals surface area contributed by atoms with E-state index in [1.54, 1.807) is 0 Å². The van der Waals surface area contributed by atoms with Gasteiger partial charge in [-0.25, -0.2) is 4.98 Å². The van der Waals surface area contributed by atoms with Crippen LogP contribution in [0.25, 0.3) is 11.3 Å². The molecular formula is C10H7N3S. The van der Waals surface area contributed by atoms with Crippen molar-refractivity contribution in [3.05, 3.63) is 35.7 Å². The first-order chi connectivity index (χ1) is 6.90. The van der Waals surface area contributed by atoms with Crippen molar-refractivity contribution in [3.63, 3.8) is 0 Å². The summed E-state index contributed by atoms with van der Waals surface area (Å²) in [5, 5.41) is 13.5. The van der Waals surface area contributed by atoms with Crippen molar-refractivity contribution >= 4 is 16.5 Å². The molecule has 0 saturated heterocycles. The Morgan fingerprint density at radius 3 is 2.79 bits per heavy atom. The first-order valence-corrected chi connectivity index (χ1v) is 4.94. The van der Waals surface area contributed by atoms with E-state index in [2.05, 4.69) is 10.3 Å². The van der Waals surface area contributed by atoms with Crippen LogP contribution in [0, 0.1) is 11.5 Å². The Morgan fingerprint density at radius 2 is 2.07 bits per heavy atom. The Hall–Kier alpha value is -1.86. The van der Waals surface area contributed by atoms with Crippen LogP contribution in [0.4, 0.5) is 5.13 Å². The van der Waals surface area contributed by atoms with E-state index >= 15 is 0 Å². The van der Waals surface area contributed by atoms with Gasteiger partial charge in [0, 0.05) is 10.9 Å². The van der Waals surface area contributed by atoms with Crippen molar-refractivity contribution in [2.45, 2.75) is 0 Å². The van der Waals surface area contributed by atoms with Gasteiger partial charge >= 0.3 is 0 Å². The third-order valence-corrected chi connectivity index (χ3v) is 2.49. The Bertz CT molecular complexity index is 456. The second kappa shape index (κ2) is 3.90. The molecule has 0 bridgehead atoms. The number of hydrogen-bond acceptors (Lipinski definition) is 4. The molecule has 0 aliphatic carbocycles. The average molecular weight is 201 g/mol. The number of nitriles is 1. The van der Waals surface area contributed by atoms with Crippen LogP contribution in [0.3, 0.4) is 0 Å². The van der Waals surface area contributed by atoms with E-state index in [4.69, 9.17) is 5.26 Å². The molecule has 14 heavy (non-hydrogen) atoms. The molecule has 1 aromatic heterocycles. The van der Waals surface area contributed by atoms with Crippen molar-refractivity contribution in [2.75, 3.05) is 5.32 Å². The van der Waals surface area contributed by atoms with Gasteiger partial charge in [0.15, 0.2) is 11.3 Å². The summed E-state index contributed by atoms with van der Waals surface area (Å²) in [5.41, 5.74) is 1.96. The predicted octanol–water partition coefficient (Wildman–Crippen LogP) is 2.70. The molecule has 4 heteroatoms. The van der Waals surface area contributed by atoms with Gasteiger partial charge in [-0.3, -0.25) is 5.32 Å². The zero-order chi connectivity index (χ0) is 9.80. The van der Waals surface area contributed by atoms with Crippen molar-refractivity contribution in [1.82, 2.24) is 4.98 Å². The number of anilines is 1. The lowest BCUT2D eigenvalue weighted by Crippen LogP contribution is -1.85. The molecule has 0 amide bonds. The van der Waals surface area contributed by atoms with Crippen molar-refractivity contribution in [3.8, 4) is 17.5 Å². The van der Waals surface area contributed by atoms with E-state index in [9.17, 15) is 0 Å². The molecule has 0 saturated carbocycles. The highest BCUT2D eigenvalue weighted by Crippen LogP contribution is 2.23. The molecule has 68 valence electrons. The van der Waals surface area contributed by atoms with Gasteiger partial charge in [0.1, 0.15) is 0 Å². The number of aromatic nitrogens is 1. The highest BCUT2D eigenvalue weighted by molar-refractivity contribution is 7.14. The third kappa shape index (κ3) is 1.73. The molecule has 1 heterocycles. The fourth-order valence-corrected chi connectivity index (χ4v) is 1.79. The van der Waals surface area contributed by atoms with Crippen molar-refractivity contribution in [1.29, 1.82) is 5.26 Å². The number of nitrogens with one attached hydrogen (secondary N) is 1. The largest absolute Gasteiger partial charge is 0.268 e. The van der Waals surface area contributed by atoms with E-state index < -0.39 is 0 Å². The lowest BCUT2D eigenvalue weighted by molar-refractivity contribution is 1.37. The zero-order valence-electron chi connectivity index (χ0n) is 7.27. The van der Waals surface area contributed by atoms with Gasteiger partial charge in [-0.2, -0.15) is 5.26 Å². The summed E-state index contributed by atoms with van der Waals surface area (Å²) in [7, 11) is 0. The fraction of sp³-hybridized carbons (Fsp3) is 0. The number of thiazole rings is 1. The quantitative estimate of drug-likeness (QED) is 0.600. The van der Waals surface area contributed by atoms with E-state index in [1.807, 2.05) is 41.9 Å². The highest BCUT2D eigenvalue weighted by Gasteiger charge is 2.02. The van der Waals surface area contributed by atoms with Gasteiger partial charge < -0.3 is 0 Å². The van der Waals surface area contributed by atoms with Crippen molar-refractivity contribution in [2.24, 2.45) is 0 Å². The summed E-state index contributed by atoms with van der Waals surface area (Å²) in [6, 6.07) is 9.87. The minimum atomic E-state index is 0.631. The summed E-state index contributed by atoms with van der Waals surface area (Å²) in [5.74, 6) is 0. The molecule has 1 N–H and O–H groups in total. The van der Waals surface area contributed by atoms with Gasteiger partial charge in [0.2, 0.25) is 0 Å². The maximum Gasteiger partial charge on any atom is 0.196 e. The molecule has 2 aromatic rings. The van der Waals surface area contributed by atoms with Crippen LogP contribution in [-0.2, 0) is 0 Å². The van der Waals surface area contributed by atoms with Crippen LogP contribution in [0.2, 0.25) is 0 Å². The standard InChI is InChI=1S/C10H7N3S/c11-7-12-10-13-9(6-14-10)8-4-2-1-3-5-8/h1-6H,(H,12,13). The third-order valence-electron chi connectivity index (χ3n) is 1.74. The highest BCUT2D eigenvalue weighted by atomic mass is 32.1. The average Bonchev–Trinajstić information content (AvgIpc) is 2.68. The molecule has 0 spiro atoms. The summed E-state index contributed by atoms with van der Waals surface area (Å²) < 4.78 is 0. The van der Waals surface area contributed by atoms with E-state index in [0.717, 1.165) is 11.3 Å². The van der Waals surface area contributed by atoms with Crippen LogP contribution in [0.1, 0.15) is 0 Å². The van der Waals surface area contributed by atoms with Crippen LogP contribution >= 0.6 is 11.3 Å². The molecule has 0 radical (unpaired) electrons. The van der Waals surface area contributed by atoms with Crippen LogP contribution in [0.15, 0.2) is 35.7 Å². The molecule has 0 fully saturated rings. The van der Waals surface area contributed by atoms with Crippen LogP contribution < -0.4 is 5.32 Å². The molecular weight excluding hydrogens is 194 g/mol. The number of hydrogen-bond donors (Lipinski definition) is 1. The monoisotopic (exact) mass is 201 g/mol. The second-order valence-corrected chi connectivity index (χ2v) is 3.50. The minimum Gasteiger partial charge on any atom is -0.268 e. The summed E-state index contributed by atoms with van der Waals surface area (Å²) in [6.07, 6.45) is 1.85. The first kappa shape index (κ1) is 8.73. The number of benzene rings is 1. The maximum absolute atomic E-state index is 8.41. The van der Waals surface area contributed by atoms with Gasteiger partial charge in [-0.15, -0.1) is 11.3 Å². The molecule has 0 unspecified atom stereocenters. The Kier molecular flexibility index (Phi) is 2.43. The van der Waals surface area contributed by atoms with Crippen molar-refractivity contribution < 1.29 is 0 Å². The Balaban J connectivity index is 2.31. The molecule has 2 rings (SSSR count). The van der Waals surface area contributed by atoms with E-state index in [0.29, 0.717) is 5.13 Å². The number of nitrogens with zero attached hydrogens (tertiary/aromatic N) is 2. The SMILES string of the molecule is N#CNc1nc(-c2ccccc2)cs1. The summed E-state index contributed by atoms with van der Waals surface area (Å²) in [6.45, 7) is 0. The lowest BCUT2D eigenvalue weighted by Gasteiger charge is -1.93. The van der Waals surface area contributed by atoms with Gasteiger partial charge in [0.05, 0.1) is 5.69 Å². The fourth-order valence-electron chi connectivity index (χ4n) is 1.12. The molecule has 0 atom stereocenters. The maximum atomic E-state index is 8.41. The minimum absolute atomic E-state index is 0.631. The lowest BCUT2D eigenvalue weighted by atomic mass is 10.2. The van der Waals surface area contributed by atoms with Gasteiger partial charge in [-0.1, -0.05) is 30.3 Å². The molecule has 3 nitrogen and oxygen atoms in total.